The molecule has 0 bridgehead atoms. The number of methoxy groups -OCH3 is 3. The van der Waals surface area contributed by atoms with E-state index in [1.165, 1.54) is 21.3 Å². The Bertz CT molecular complexity index is 905. The lowest BCUT2D eigenvalue weighted by Crippen LogP contribution is -2.24. The van der Waals surface area contributed by atoms with Gasteiger partial charge >= 0.3 is 0 Å². The third kappa shape index (κ3) is 3.06. The molecule has 0 saturated heterocycles. The molecule has 0 fully saturated rings. The number of anilines is 1. The van der Waals surface area contributed by atoms with Crippen molar-refractivity contribution in [3.63, 3.8) is 0 Å². The van der Waals surface area contributed by atoms with Crippen molar-refractivity contribution in [3.05, 3.63) is 53.7 Å². The van der Waals surface area contributed by atoms with E-state index in [1.54, 1.807) is 42.5 Å². The van der Waals surface area contributed by atoms with Gasteiger partial charge in [0.15, 0.2) is 11.5 Å². The number of hydrogen-bond donors (Lipinski definition) is 2. The molecular formula is C19H18N2O5. The van der Waals surface area contributed by atoms with Crippen LogP contribution in [-0.4, -0.2) is 33.1 Å². The van der Waals surface area contributed by atoms with Gasteiger partial charge in [-0.3, -0.25) is 14.9 Å². The topological polar surface area (TPSA) is 85.9 Å². The number of para-hydroxylation sites is 1. The van der Waals surface area contributed by atoms with Crippen molar-refractivity contribution in [2.45, 2.75) is 0 Å². The fourth-order valence-corrected chi connectivity index (χ4v) is 2.74. The molecule has 2 N–H and O–H groups in total. The molecule has 0 aliphatic carbocycles. The minimum absolute atomic E-state index is 0.145. The molecule has 1 aliphatic heterocycles. The summed E-state index contributed by atoms with van der Waals surface area (Å²) in [5.41, 5.74) is 1.48. The van der Waals surface area contributed by atoms with Gasteiger partial charge in [-0.05, 0) is 18.2 Å². The van der Waals surface area contributed by atoms with E-state index in [0.29, 0.717) is 28.5 Å². The molecule has 1 heterocycles. The van der Waals surface area contributed by atoms with Crippen LogP contribution in [0.1, 0.15) is 5.56 Å². The van der Waals surface area contributed by atoms with Gasteiger partial charge in [-0.15, -0.1) is 0 Å². The van der Waals surface area contributed by atoms with E-state index in [2.05, 4.69) is 10.6 Å². The first-order chi connectivity index (χ1) is 12.6. The first-order valence-electron chi connectivity index (χ1n) is 7.81. The minimum atomic E-state index is -0.509. The molecule has 2 aromatic carbocycles. The summed E-state index contributed by atoms with van der Waals surface area (Å²) in [4.78, 5) is 24.6. The lowest BCUT2D eigenvalue weighted by Gasteiger charge is -2.13. The van der Waals surface area contributed by atoms with Gasteiger partial charge in [0.1, 0.15) is 11.4 Å². The molecule has 0 unspecified atom stereocenters. The molecule has 0 radical (unpaired) electrons. The van der Waals surface area contributed by atoms with Crippen molar-refractivity contribution in [2.75, 3.05) is 26.6 Å². The number of amides is 2. The molecule has 2 amide bonds. The maximum absolute atomic E-state index is 12.3. The summed E-state index contributed by atoms with van der Waals surface area (Å²) in [5.74, 6) is 0.567. The number of ether oxygens (including phenoxy) is 3. The van der Waals surface area contributed by atoms with Crippen molar-refractivity contribution in [1.82, 2.24) is 5.32 Å². The Hall–Kier alpha value is -3.48. The predicted octanol–water partition coefficient (Wildman–Crippen LogP) is 2.19. The van der Waals surface area contributed by atoms with Crippen LogP contribution in [0.2, 0.25) is 0 Å². The highest BCUT2D eigenvalue weighted by molar-refractivity contribution is 6.37. The summed E-state index contributed by atoms with van der Waals surface area (Å²) in [5, 5.41) is 5.31. The molecule has 26 heavy (non-hydrogen) atoms. The third-order valence-corrected chi connectivity index (χ3v) is 3.96. The van der Waals surface area contributed by atoms with E-state index in [1.807, 2.05) is 0 Å². The van der Waals surface area contributed by atoms with E-state index in [-0.39, 0.29) is 11.3 Å². The normalized spacial score (nSPS) is 13.5. The molecular weight excluding hydrogens is 336 g/mol. The standard InChI is InChI=1S/C19H18N2O5/c1-24-13-7-5-4-6-12(13)16-17(19(23)21-18(16)22)20-11-8-9-14(25-2)15(10-11)26-3/h4-10H,1-3H3,(H2,20,21,22,23). The highest BCUT2D eigenvalue weighted by atomic mass is 16.5. The molecule has 0 saturated carbocycles. The summed E-state index contributed by atoms with van der Waals surface area (Å²) in [7, 11) is 4.57. The number of rotatable bonds is 6. The molecule has 0 aromatic heterocycles. The van der Waals surface area contributed by atoms with Crippen LogP contribution in [0.4, 0.5) is 5.69 Å². The lowest BCUT2D eigenvalue weighted by atomic mass is 10.0. The van der Waals surface area contributed by atoms with Gasteiger partial charge in [-0.25, -0.2) is 0 Å². The number of carbonyl (C=O) groups is 2. The quantitative estimate of drug-likeness (QED) is 0.774. The zero-order chi connectivity index (χ0) is 18.7. The van der Waals surface area contributed by atoms with Crippen LogP contribution in [0.25, 0.3) is 5.57 Å². The summed E-state index contributed by atoms with van der Waals surface area (Å²) in [6, 6.07) is 12.1. The van der Waals surface area contributed by atoms with Crippen LogP contribution < -0.4 is 24.8 Å². The Labute approximate surface area is 150 Å². The minimum Gasteiger partial charge on any atom is -0.496 e. The maximum Gasteiger partial charge on any atom is 0.275 e. The van der Waals surface area contributed by atoms with Gasteiger partial charge in [0.2, 0.25) is 0 Å². The number of benzene rings is 2. The Kier molecular flexibility index (Phi) is 4.79. The van der Waals surface area contributed by atoms with Crippen molar-refractivity contribution >= 4 is 23.1 Å². The van der Waals surface area contributed by atoms with Gasteiger partial charge in [0.25, 0.3) is 11.8 Å². The van der Waals surface area contributed by atoms with E-state index in [0.717, 1.165) is 0 Å². The average Bonchev–Trinajstić information content (AvgIpc) is 2.94. The highest BCUT2D eigenvalue weighted by Crippen LogP contribution is 2.34. The summed E-state index contributed by atoms with van der Waals surface area (Å²) in [6.07, 6.45) is 0. The van der Waals surface area contributed by atoms with Gasteiger partial charge in [-0.1, -0.05) is 18.2 Å². The molecule has 134 valence electrons. The second-order valence-electron chi connectivity index (χ2n) is 5.43. The van der Waals surface area contributed by atoms with Gasteiger partial charge in [0.05, 0.1) is 26.9 Å². The van der Waals surface area contributed by atoms with Crippen LogP contribution in [0, 0.1) is 0 Å². The molecule has 3 rings (SSSR count). The van der Waals surface area contributed by atoms with Crippen LogP contribution in [-0.2, 0) is 9.59 Å². The third-order valence-electron chi connectivity index (χ3n) is 3.96. The summed E-state index contributed by atoms with van der Waals surface area (Å²) >= 11 is 0. The largest absolute Gasteiger partial charge is 0.496 e. The average molecular weight is 354 g/mol. The lowest BCUT2D eigenvalue weighted by molar-refractivity contribution is -0.123. The predicted molar refractivity (Wildman–Crippen MR) is 96.2 cm³/mol. The van der Waals surface area contributed by atoms with E-state index in [4.69, 9.17) is 14.2 Å². The zero-order valence-corrected chi connectivity index (χ0v) is 14.6. The number of carbonyl (C=O) groups excluding carboxylic acids is 2. The van der Waals surface area contributed by atoms with Crippen LogP contribution in [0.3, 0.4) is 0 Å². The van der Waals surface area contributed by atoms with E-state index >= 15 is 0 Å². The van der Waals surface area contributed by atoms with Crippen molar-refractivity contribution in [1.29, 1.82) is 0 Å². The number of imide groups is 1. The summed E-state index contributed by atoms with van der Waals surface area (Å²) < 4.78 is 15.8. The van der Waals surface area contributed by atoms with E-state index < -0.39 is 11.8 Å². The number of nitrogens with one attached hydrogen (secondary N) is 2. The fraction of sp³-hybridized carbons (Fsp3) is 0.158. The molecule has 0 atom stereocenters. The Balaban J connectivity index is 2.07. The first-order valence-corrected chi connectivity index (χ1v) is 7.81. The summed E-state index contributed by atoms with van der Waals surface area (Å²) in [6.45, 7) is 0. The van der Waals surface area contributed by atoms with Crippen molar-refractivity contribution in [3.8, 4) is 17.2 Å². The Morgan fingerprint density at radius 3 is 2.19 bits per heavy atom. The molecule has 0 spiro atoms. The van der Waals surface area contributed by atoms with Gasteiger partial charge in [0, 0.05) is 17.3 Å². The van der Waals surface area contributed by atoms with Crippen LogP contribution in [0.15, 0.2) is 48.2 Å². The molecule has 7 nitrogen and oxygen atoms in total. The first kappa shape index (κ1) is 17.3. The number of hydrogen-bond acceptors (Lipinski definition) is 6. The highest BCUT2D eigenvalue weighted by Gasteiger charge is 2.33. The fourth-order valence-electron chi connectivity index (χ4n) is 2.74. The maximum atomic E-state index is 12.3. The second-order valence-corrected chi connectivity index (χ2v) is 5.43. The monoisotopic (exact) mass is 354 g/mol. The molecule has 7 heteroatoms. The second kappa shape index (κ2) is 7.18. The van der Waals surface area contributed by atoms with Crippen molar-refractivity contribution < 1.29 is 23.8 Å². The van der Waals surface area contributed by atoms with Crippen LogP contribution in [0.5, 0.6) is 17.2 Å². The Morgan fingerprint density at radius 1 is 0.808 bits per heavy atom. The van der Waals surface area contributed by atoms with E-state index in [9.17, 15) is 9.59 Å². The zero-order valence-electron chi connectivity index (χ0n) is 14.6. The Morgan fingerprint density at radius 2 is 1.50 bits per heavy atom. The van der Waals surface area contributed by atoms with Crippen LogP contribution >= 0.6 is 0 Å². The van der Waals surface area contributed by atoms with Gasteiger partial charge in [-0.2, -0.15) is 0 Å². The molecule has 1 aliphatic rings. The molecule has 2 aromatic rings. The van der Waals surface area contributed by atoms with Crippen molar-refractivity contribution in [2.24, 2.45) is 0 Å². The van der Waals surface area contributed by atoms with Gasteiger partial charge < -0.3 is 19.5 Å². The smallest absolute Gasteiger partial charge is 0.275 e. The SMILES string of the molecule is COc1ccc(NC2=C(c3ccccc3OC)C(=O)NC2=O)cc1OC.